The molecule has 0 radical (unpaired) electrons. The number of nitrogens with one attached hydrogen (secondary N) is 1. The first kappa shape index (κ1) is 5.37. The summed E-state index contributed by atoms with van der Waals surface area (Å²) in [7, 11) is 0. The molecule has 0 aliphatic carbocycles. The second kappa shape index (κ2) is 2.52. The fraction of sp³-hybridized carbons (Fsp3) is 0. The molecule has 1 heterocycles. The van der Waals surface area contributed by atoms with Crippen LogP contribution in [0.25, 0.3) is 0 Å². The van der Waals surface area contributed by atoms with Gasteiger partial charge in [0.15, 0.2) is 0 Å². The quantitative estimate of drug-likeness (QED) is 0.546. The zero-order valence-electron chi connectivity index (χ0n) is 4.07. The fourth-order valence-corrected chi connectivity index (χ4v) is 0.472. The highest BCUT2D eigenvalue weighted by atomic mass is 32.1. The summed E-state index contributed by atoms with van der Waals surface area (Å²) in [6.07, 6.45) is 3.29. The van der Waals surface area contributed by atoms with E-state index in [1.54, 1.807) is 18.5 Å². The molecule has 42 valence electrons. The summed E-state index contributed by atoms with van der Waals surface area (Å²) < 4.78 is 2.50. The largest absolute Gasteiger partial charge is 0.301 e. The Bertz CT molecular complexity index is 153. The highest BCUT2D eigenvalue weighted by Crippen LogP contribution is 1.92. The molecule has 4 heteroatoms. The minimum atomic E-state index is 0.524. The van der Waals surface area contributed by atoms with Gasteiger partial charge in [0.2, 0.25) is 5.95 Å². The van der Waals surface area contributed by atoms with Crippen LogP contribution < -0.4 is 4.72 Å². The van der Waals surface area contributed by atoms with Crippen molar-refractivity contribution in [3.05, 3.63) is 18.5 Å². The summed E-state index contributed by atoms with van der Waals surface area (Å²) in [6.45, 7) is 0. The van der Waals surface area contributed by atoms with Crippen LogP contribution in [0.15, 0.2) is 18.5 Å². The van der Waals surface area contributed by atoms with E-state index in [2.05, 4.69) is 27.5 Å². The van der Waals surface area contributed by atoms with Gasteiger partial charge in [0.25, 0.3) is 0 Å². The van der Waals surface area contributed by atoms with Crippen molar-refractivity contribution < 1.29 is 0 Å². The first-order valence-electron chi connectivity index (χ1n) is 2.10. The molecule has 1 aromatic rings. The van der Waals surface area contributed by atoms with Crippen molar-refractivity contribution in [2.24, 2.45) is 0 Å². The summed E-state index contributed by atoms with van der Waals surface area (Å²) in [5.74, 6) is 0.524. The normalized spacial score (nSPS) is 8.62. The molecule has 0 atom stereocenters. The molecular weight excluding hydrogens is 122 g/mol. The van der Waals surface area contributed by atoms with Gasteiger partial charge in [-0.15, -0.1) is 0 Å². The summed E-state index contributed by atoms with van der Waals surface area (Å²) in [6, 6.07) is 1.74. The van der Waals surface area contributed by atoms with Crippen molar-refractivity contribution in [3.63, 3.8) is 0 Å². The molecule has 1 rings (SSSR count). The fourth-order valence-electron chi connectivity index (χ4n) is 0.357. The number of thiol groups is 1. The van der Waals surface area contributed by atoms with Gasteiger partial charge in [0, 0.05) is 12.4 Å². The Morgan fingerprint density at radius 3 is 2.38 bits per heavy atom. The van der Waals surface area contributed by atoms with Crippen molar-refractivity contribution >= 4 is 18.8 Å². The molecule has 0 amide bonds. The Morgan fingerprint density at radius 2 is 2.00 bits per heavy atom. The van der Waals surface area contributed by atoms with E-state index in [9.17, 15) is 0 Å². The average Bonchev–Trinajstić information content (AvgIpc) is 1.90. The van der Waals surface area contributed by atoms with Gasteiger partial charge in [-0.3, -0.25) is 0 Å². The van der Waals surface area contributed by atoms with E-state index in [4.69, 9.17) is 0 Å². The van der Waals surface area contributed by atoms with Crippen molar-refractivity contribution in [1.29, 1.82) is 0 Å². The first-order chi connectivity index (χ1) is 3.93. The second-order valence-corrected chi connectivity index (χ2v) is 1.41. The highest BCUT2D eigenvalue weighted by Gasteiger charge is 1.82. The Labute approximate surface area is 52.7 Å². The Morgan fingerprint density at radius 1 is 1.38 bits per heavy atom. The Kier molecular flexibility index (Phi) is 1.69. The van der Waals surface area contributed by atoms with Crippen LogP contribution in [0.5, 0.6) is 0 Å². The molecule has 0 spiro atoms. The van der Waals surface area contributed by atoms with Crippen molar-refractivity contribution in [2.45, 2.75) is 0 Å². The van der Waals surface area contributed by atoms with Gasteiger partial charge in [-0.2, -0.15) is 0 Å². The van der Waals surface area contributed by atoms with Gasteiger partial charge in [-0.25, -0.2) is 9.97 Å². The van der Waals surface area contributed by atoms with Crippen molar-refractivity contribution in [3.8, 4) is 0 Å². The summed E-state index contributed by atoms with van der Waals surface area (Å²) in [4.78, 5) is 7.60. The van der Waals surface area contributed by atoms with Gasteiger partial charge < -0.3 is 4.72 Å². The van der Waals surface area contributed by atoms with Crippen LogP contribution in [0.3, 0.4) is 0 Å². The minimum Gasteiger partial charge on any atom is -0.301 e. The highest BCUT2D eigenvalue weighted by molar-refractivity contribution is 7.81. The maximum atomic E-state index is 3.80. The van der Waals surface area contributed by atoms with E-state index < -0.39 is 0 Å². The molecule has 8 heavy (non-hydrogen) atoms. The number of aromatic nitrogens is 2. The van der Waals surface area contributed by atoms with Gasteiger partial charge in [-0.05, 0) is 6.07 Å². The van der Waals surface area contributed by atoms with Crippen LogP contribution in [-0.4, -0.2) is 9.97 Å². The smallest absolute Gasteiger partial charge is 0.232 e. The molecular formula is C4H5N3S. The third-order valence-corrected chi connectivity index (χ3v) is 0.866. The Balaban J connectivity index is 2.83. The second-order valence-electron chi connectivity index (χ2n) is 1.18. The topological polar surface area (TPSA) is 37.8 Å². The molecule has 0 unspecified atom stereocenters. The van der Waals surface area contributed by atoms with Crippen molar-refractivity contribution in [2.75, 3.05) is 4.72 Å². The molecule has 0 aliphatic heterocycles. The van der Waals surface area contributed by atoms with Crippen LogP contribution in [-0.2, 0) is 0 Å². The zero-order chi connectivity index (χ0) is 5.82. The first-order valence-corrected chi connectivity index (χ1v) is 2.55. The average molecular weight is 127 g/mol. The minimum absolute atomic E-state index is 0.524. The number of anilines is 1. The molecule has 1 N–H and O–H groups in total. The van der Waals surface area contributed by atoms with Crippen LogP contribution in [0, 0.1) is 0 Å². The Hall–Kier alpha value is -0.770. The van der Waals surface area contributed by atoms with E-state index in [0.717, 1.165) is 0 Å². The monoisotopic (exact) mass is 127 g/mol. The number of hydrogen-bond acceptors (Lipinski definition) is 4. The molecule has 3 nitrogen and oxygen atoms in total. The van der Waals surface area contributed by atoms with Gasteiger partial charge >= 0.3 is 0 Å². The maximum absolute atomic E-state index is 3.80. The molecule has 0 aromatic carbocycles. The van der Waals surface area contributed by atoms with E-state index in [1.807, 2.05) is 0 Å². The summed E-state index contributed by atoms with van der Waals surface area (Å²) in [5.41, 5.74) is 0. The van der Waals surface area contributed by atoms with E-state index >= 15 is 0 Å². The van der Waals surface area contributed by atoms with E-state index in [0.29, 0.717) is 5.95 Å². The number of rotatable bonds is 1. The van der Waals surface area contributed by atoms with Crippen LogP contribution in [0.2, 0.25) is 0 Å². The molecule has 0 saturated heterocycles. The van der Waals surface area contributed by atoms with Crippen molar-refractivity contribution in [1.82, 2.24) is 9.97 Å². The molecule has 1 aromatic heterocycles. The third kappa shape index (κ3) is 1.10. The van der Waals surface area contributed by atoms with E-state index in [-0.39, 0.29) is 0 Å². The van der Waals surface area contributed by atoms with Gasteiger partial charge in [0.05, 0.1) is 0 Å². The predicted octanol–water partition coefficient (Wildman–Crippen LogP) is 0.733. The predicted molar refractivity (Wildman–Crippen MR) is 34.6 cm³/mol. The standard InChI is InChI=1S/C4H5N3S/c8-7-4-5-2-1-3-6-4/h1-3,8H,(H,5,6,7). The van der Waals surface area contributed by atoms with Gasteiger partial charge in [0.1, 0.15) is 0 Å². The lowest BCUT2D eigenvalue weighted by atomic mass is 10.7. The van der Waals surface area contributed by atoms with Crippen LogP contribution >= 0.6 is 12.8 Å². The molecule has 0 saturated carbocycles. The molecule has 0 bridgehead atoms. The molecule has 0 fully saturated rings. The van der Waals surface area contributed by atoms with Gasteiger partial charge in [-0.1, -0.05) is 12.8 Å². The van der Waals surface area contributed by atoms with Crippen LogP contribution in [0.1, 0.15) is 0 Å². The number of hydrogen-bond donors (Lipinski definition) is 2. The van der Waals surface area contributed by atoms with E-state index in [1.165, 1.54) is 0 Å². The van der Waals surface area contributed by atoms with Crippen LogP contribution in [0.4, 0.5) is 5.95 Å². The molecule has 0 aliphatic rings. The SMILES string of the molecule is SNc1ncccn1. The lowest BCUT2D eigenvalue weighted by molar-refractivity contribution is 1.19. The third-order valence-electron chi connectivity index (χ3n) is 0.666. The maximum Gasteiger partial charge on any atom is 0.232 e. The lowest BCUT2D eigenvalue weighted by Crippen LogP contribution is -1.86. The summed E-state index contributed by atoms with van der Waals surface area (Å²) in [5, 5.41) is 0. The summed E-state index contributed by atoms with van der Waals surface area (Å²) >= 11 is 3.74. The number of nitrogens with zero attached hydrogens (tertiary/aromatic N) is 2. The lowest BCUT2D eigenvalue weighted by Gasteiger charge is -1.90. The zero-order valence-corrected chi connectivity index (χ0v) is 4.97.